The van der Waals surface area contributed by atoms with Crippen LogP contribution >= 0.6 is 35.3 Å². The molecule has 1 saturated heterocycles. The quantitative estimate of drug-likeness (QED) is 0.261. The second-order valence-corrected chi connectivity index (χ2v) is 8.56. The van der Waals surface area contributed by atoms with Crippen LogP contribution in [0.5, 0.6) is 0 Å². The number of non-ortho nitro benzene ring substituents is 1. The molecule has 0 spiro atoms. The number of nitro groups is 1. The summed E-state index contributed by atoms with van der Waals surface area (Å²) in [5.41, 5.74) is 3.16. The first kappa shape index (κ1) is 20.0. The molecule has 1 aromatic carbocycles. The number of nitrogens with zero attached hydrogens (tertiary/aromatic N) is 2. The molecule has 0 bridgehead atoms. The van der Waals surface area contributed by atoms with Crippen LogP contribution in [0.3, 0.4) is 0 Å². The van der Waals surface area contributed by atoms with Gasteiger partial charge in [-0.05, 0) is 47.9 Å². The van der Waals surface area contributed by atoms with E-state index >= 15 is 0 Å². The minimum Gasteiger partial charge on any atom is -0.457 e. The summed E-state index contributed by atoms with van der Waals surface area (Å²) in [6, 6.07) is 12.7. The van der Waals surface area contributed by atoms with E-state index in [9.17, 15) is 19.7 Å². The summed E-state index contributed by atoms with van der Waals surface area (Å²) in [7, 11) is 0. The van der Waals surface area contributed by atoms with Gasteiger partial charge < -0.3 is 4.42 Å². The van der Waals surface area contributed by atoms with Crippen LogP contribution in [0.4, 0.5) is 5.69 Å². The summed E-state index contributed by atoms with van der Waals surface area (Å²) in [4.78, 5) is 35.9. The minimum absolute atomic E-state index is 0.0150. The van der Waals surface area contributed by atoms with E-state index in [0.717, 1.165) is 16.8 Å². The fourth-order valence-corrected chi connectivity index (χ4v) is 4.36. The van der Waals surface area contributed by atoms with Gasteiger partial charge in [-0.1, -0.05) is 17.8 Å². The average molecular weight is 458 g/mol. The van der Waals surface area contributed by atoms with Crippen molar-refractivity contribution in [1.29, 1.82) is 0 Å². The summed E-state index contributed by atoms with van der Waals surface area (Å²) in [6.45, 7) is 0. The molecule has 0 radical (unpaired) electrons. The molecule has 0 aliphatic carbocycles. The normalized spacial score (nSPS) is 15.1. The Balaban J connectivity index is 1.50. The molecule has 0 atom stereocenters. The zero-order valence-electron chi connectivity index (χ0n) is 14.9. The largest absolute Gasteiger partial charge is 0.457 e. The zero-order valence-corrected chi connectivity index (χ0v) is 17.4. The maximum atomic E-state index is 12.6. The third-order valence-electron chi connectivity index (χ3n) is 4.01. The molecule has 11 heteroatoms. The molecule has 1 fully saturated rings. The first-order valence-corrected chi connectivity index (χ1v) is 10.5. The number of thiophene rings is 1. The predicted molar refractivity (Wildman–Crippen MR) is 118 cm³/mol. The van der Waals surface area contributed by atoms with Gasteiger partial charge in [0.1, 0.15) is 11.5 Å². The lowest BCUT2D eigenvalue weighted by Gasteiger charge is -2.14. The second kappa shape index (κ2) is 8.22. The summed E-state index contributed by atoms with van der Waals surface area (Å²) < 4.78 is 5.94. The number of amides is 2. The van der Waals surface area contributed by atoms with E-state index in [1.165, 1.54) is 29.5 Å². The summed E-state index contributed by atoms with van der Waals surface area (Å²) >= 11 is 7.51. The molecule has 2 amide bonds. The molecule has 3 aromatic rings. The van der Waals surface area contributed by atoms with Gasteiger partial charge in [-0.15, -0.1) is 11.3 Å². The number of furan rings is 1. The number of benzene rings is 1. The zero-order chi connectivity index (χ0) is 21.3. The number of hydrogen-bond donors (Lipinski definition) is 1. The monoisotopic (exact) mass is 457 g/mol. The van der Waals surface area contributed by atoms with Crippen molar-refractivity contribution in [3.05, 3.63) is 79.6 Å². The number of carbonyl (C=O) groups excluding carboxylic acids is 2. The molecule has 4 rings (SSSR count). The number of hydrazine groups is 1. The molecule has 0 unspecified atom stereocenters. The molecular weight excluding hydrogens is 446 g/mol. The van der Waals surface area contributed by atoms with Crippen molar-refractivity contribution in [2.45, 2.75) is 0 Å². The second-order valence-electron chi connectivity index (χ2n) is 5.94. The van der Waals surface area contributed by atoms with Crippen molar-refractivity contribution >= 4 is 63.2 Å². The number of nitrogens with one attached hydrogen (secondary N) is 1. The Morgan fingerprint density at radius 3 is 2.63 bits per heavy atom. The van der Waals surface area contributed by atoms with Crippen LogP contribution < -0.4 is 5.43 Å². The molecule has 1 aliphatic heterocycles. The van der Waals surface area contributed by atoms with Crippen molar-refractivity contribution in [3.8, 4) is 11.3 Å². The molecule has 150 valence electrons. The first-order valence-electron chi connectivity index (χ1n) is 8.39. The SMILES string of the molecule is O=C(NN1C(=O)/C(=C\c2ccc(-c3ccc([N+](=O)[O-])cc3)o2)SC1=S)c1cccs1. The molecule has 3 heterocycles. The van der Waals surface area contributed by atoms with Crippen LogP contribution in [0.2, 0.25) is 0 Å². The van der Waals surface area contributed by atoms with Gasteiger partial charge in [-0.2, -0.15) is 5.01 Å². The Morgan fingerprint density at radius 2 is 1.97 bits per heavy atom. The minimum atomic E-state index is -0.476. The molecular formula is C19H11N3O5S3. The van der Waals surface area contributed by atoms with E-state index in [1.807, 2.05) is 0 Å². The lowest BCUT2D eigenvalue weighted by atomic mass is 10.1. The Bertz CT molecular complexity index is 1180. The van der Waals surface area contributed by atoms with Gasteiger partial charge in [0.15, 0.2) is 4.32 Å². The van der Waals surface area contributed by atoms with Crippen molar-refractivity contribution in [2.75, 3.05) is 0 Å². The van der Waals surface area contributed by atoms with E-state index in [-0.39, 0.29) is 10.0 Å². The number of rotatable bonds is 5. The Labute approximate surface area is 183 Å². The lowest BCUT2D eigenvalue weighted by molar-refractivity contribution is -0.384. The summed E-state index contributed by atoms with van der Waals surface area (Å²) in [5, 5.41) is 13.6. The van der Waals surface area contributed by atoms with Gasteiger partial charge in [0, 0.05) is 23.8 Å². The van der Waals surface area contributed by atoms with Gasteiger partial charge in [0.05, 0.1) is 14.7 Å². The van der Waals surface area contributed by atoms with Crippen LogP contribution in [-0.4, -0.2) is 26.1 Å². The Morgan fingerprint density at radius 1 is 1.20 bits per heavy atom. The first-order chi connectivity index (χ1) is 14.4. The molecule has 1 aliphatic rings. The molecule has 30 heavy (non-hydrogen) atoms. The number of carbonyl (C=O) groups is 2. The van der Waals surface area contributed by atoms with Crippen molar-refractivity contribution in [3.63, 3.8) is 0 Å². The molecule has 8 nitrogen and oxygen atoms in total. The summed E-state index contributed by atoms with van der Waals surface area (Å²) in [5.74, 6) is 0.0373. The smallest absolute Gasteiger partial charge is 0.285 e. The summed E-state index contributed by atoms with van der Waals surface area (Å²) in [6.07, 6.45) is 1.53. The van der Waals surface area contributed by atoms with Crippen LogP contribution in [0.15, 0.2) is 63.2 Å². The fourth-order valence-electron chi connectivity index (χ4n) is 2.59. The lowest BCUT2D eigenvalue weighted by Crippen LogP contribution is -2.44. The van der Waals surface area contributed by atoms with Gasteiger partial charge >= 0.3 is 0 Å². The highest BCUT2D eigenvalue weighted by molar-refractivity contribution is 8.26. The van der Waals surface area contributed by atoms with Gasteiger partial charge in [0.25, 0.3) is 17.5 Å². The van der Waals surface area contributed by atoms with E-state index < -0.39 is 16.7 Å². The van der Waals surface area contributed by atoms with Crippen LogP contribution in [0.1, 0.15) is 15.4 Å². The van der Waals surface area contributed by atoms with E-state index in [4.69, 9.17) is 16.6 Å². The van der Waals surface area contributed by atoms with Crippen molar-refractivity contribution < 1.29 is 18.9 Å². The van der Waals surface area contributed by atoms with E-state index in [2.05, 4.69) is 5.43 Å². The highest BCUT2D eigenvalue weighted by Gasteiger charge is 2.34. The fraction of sp³-hybridized carbons (Fsp3) is 0. The highest BCUT2D eigenvalue weighted by atomic mass is 32.2. The molecule has 0 saturated carbocycles. The van der Waals surface area contributed by atoms with Gasteiger partial charge in [0.2, 0.25) is 0 Å². The topological polar surface area (TPSA) is 106 Å². The Hall–Kier alpha value is -3.28. The van der Waals surface area contributed by atoms with Crippen LogP contribution in [0.25, 0.3) is 17.4 Å². The molecule has 1 N–H and O–H groups in total. The third kappa shape index (κ3) is 4.03. The Kier molecular flexibility index (Phi) is 5.48. The van der Waals surface area contributed by atoms with Gasteiger partial charge in [-0.3, -0.25) is 25.1 Å². The predicted octanol–water partition coefficient (Wildman–Crippen LogP) is 4.46. The van der Waals surface area contributed by atoms with Gasteiger partial charge in [-0.25, -0.2) is 0 Å². The van der Waals surface area contributed by atoms with Crippen LogP contribution in [0, 0.1) is 10.1 Å². The highest BCUT2D eigenvalue weighted by Crippen LogP contribution is 2.33. The number of thioether (sulfide) groups is 1. The number of nitro benzene ring substituents is 1. The maximum Gasteiger partial charge on any atom is 0.285 e. The van der Waals surface area contributed by atoms with Crippen LogP contribution in [-0.2, 0) is 4.79 Å². The average Bonchev–Trinajstić information content (AvgIpc) is 3.47. The van der Waals surface area contributed by atoms with E-state index in [0.29, 0.717) is 26.9 Å². The van der Waals surface area contributed by atoms with Crippen molar-refractivity contribution in [2.24, 2.45) is 0 Å². The molecule has 2 aromatic heterocycles. The number of thiocarbonyl (C=S) groups is 1. The standard InChI is InChI=1S/C19H11N3O5S3/c23-17(15-2-1-9-29-15)20-21-18(24)16(30-19(21)28)10-13-7-8-14(27-13)11-3-5-12(6-4-11)22(25)26/h1-10H,(H,20,23)/b16-10+. The number of hydrogen-bond acceptors (Lipinski definition) is 8. The van der Waals surface area contributed by atoms with E-state index in [1.54, 1.807) is 41.8 Å². The maximum absolute atomic E-state index is 12.6. The third-order valence-corrected chi connectivity index (χ3v) is 6.19. The van der Waals surface area contributed by atoms with Crippen molar-refractivity contribution in [1.82, 2.24) is 10.4 Å².